The number of aliphatic hydroxyl groups is 1. The van der Waals surface area contributed by atoms with Crippen LogP contribution in [0.3, 0.4) is 0 Å². The van der Waals surface area contributed by atoms with E-state index in [1.165, 1.54) is 0 Å². The van der Waals surface area contributed by atoms with Crippen LogP contribution >= 0.6 is 0 Å². The van der Waals surface area contributed by atoms with Crippen molar-refractivity contribution in [1.82, 2.24) is 14.5 Å². The molecule has 4 rings (SSSR count). The van der Waals surface area contributed by atoms with E-state index in [1.807, 2.05) is 54.9 Å². The van der Waals surface area contributed by atoms with Crippen LogP contribution in [0.25, 0.3) is 22.5 Å². The second-order valence-corrected chi connectivity index (χ2v) is 7.59. The molecule has 1 aromatic heterocycles. The highest BCUT2D eigenvalue weighted by Gasteiger charge is 2.35. The molecular weight excluding hydrogens is 348 g/mol. The summed E-state index contributed by atoms with van der Waals surface area (Å²) in [5.41, 5.74) is 4.38. The maximum Gasteiger partial charge on any atom is 0.0991 e. The van der Waals surface area contributed by atoms with Crippen molar-refractivity contribution in [3.8, 4) is 28.6 Å². The summed E-state index contributed by atoms with van der Waals surface area (Å²) in [6, 6.07) is 20.2. The fourth-order valence-electron chi connectivity index (χ4n) is 3.94. The van der Waals surface area contributed by atoms with Crippen molar-refractivity contribution in [2.75, 3.05) is 13.1 Å². The molecule has 0 bridgehead atoms. The zero-order chi connectivity index (χ0) is 19.7. The number of aliphatic hydroxyl groups excluding tert-OH is 1. The predicted molar refractivity (Wildman–Crippen MR) is 110 cm³/mol. The van der Waals surface area contributed by atoms with Crippen LogP contribution in [0.2, 0.25) is 0 Å². The van der Waals surface area contributed by atoms with Gasteiger partial charge in [0.1, 0.15) is 0 Å². The SMILES string of the molecule is CC(C)N1C[C@H](O)[C@@H](n2cnc(-c3ccccc3)c2-c2cccc(C#N)c2)C1. The van der Waals surface area contributed by atoms with E-state index in [0.717, 1.165) is 29.1 Å². The third kappa shape index (κ3) is 3.33. The lowest BCUT2D eigenvalue weighted by Crippen LogP contribution is -2.29. The number of hydrogen-bond donors (Lipinski definition) is 1. The lowest BCUT2D eigenvalue weighted by Gasteiger charge is -2.21. The fourth-order valence-corrected chi connectivity index (χ4v) is 3.94. The first-order chi connectivity index (χ1) is 13.6. The Bertz CT molecular complexity index is 1000. The van der Waals surface area contributed by atoms with Gasteiger partial charge in [-0.15, -0.1) is 0 Å². The Morgan fingerprint density at radius 2 is 1.82 bits per heavy atom. The molecule has 1 fully saturated rings. The molecule has 0 amide bonds. The van der Waals surface area contributed by atoms with Gasteiger partial charge < -0.3 is 9.67 Å². The van der Waals surface area contributed by atoms with Gasteiger partial charge in [0.15, 0.2) is 0 Å². The normalized spacial score (nSPS) is 19.8. The standard InChI is InChI=1S/C23H24N4O/c1-16(2)26-13-20(21(28)14-26)27-15-25-22(18-8-4-3-5-9-18)23(27)19-10-6-7-17(11-19)12-24/h3-11,15-16,20-21,28H,13-14H2,1-2H3/t20-,21-/m0/s1. The van der Waals surface area contributed by atoms with Gasteiger partial charge in [-0.1, -0.05) is 42.5 Å². The molecular formula is C23H24N4O. The number of benzene rings is 2. The minimum atomic E-state index is -0.460. The summed E-state index contributed by atoms with van der Waals surface area (Å²) >= 11 is 0. The van der Waals surface area contributed by atoms with Crippen LogP contribution in [0, 0.1) is 11.3 Å². The summed E-state index contributed by atoms with van der Waals surface area (Å²) in [6.07, 6.45) is 1.37. The number of imidazole rings is 1. The van der Waals surface area contributed by atoms with Crippen molar-refractivity contribution < 1.29 is 5.11 Å². The van der Waals surface area contributed by atoms with Crippen LogP contribution in [0.15, 0.2) is 60.9 Å². The monoisotopic (exact) mass is 372 g/mol. The van der Waals surface area contributed by atoms with Crippen LogP contribution in [-0.2, 0) is 0 Å². The molecule has 1 saturated heterocycles. The molecule has 2 heterocycles. The molecule has 1 N–H and O–H groups in total. The Kier molecular flexibility index (Phi) is 4.99. The average Bonchev–Trinajstić information content (AvgIpc) is 3.32. The minimum Gasteiger partial charge on any atom is -0.390 e. The molecule has 28 heavy (non-hydrogen) atoms. The number of hydrogen-bond acceptors (Lipinski definition) is 4. The molecule has 1 aliphatic rings. The molecule has 0 aliphatic carbocycles. The number of β-amino-alcohol motifs (C(OH)–C–C–N with tert-alkyl or cyclic N) is 1. The minimum absolute atomic E-state index is 0.0758. The van der Waals surface area contributed by atoms with Crippen molar-refractivity contribution in [3.63, 3.8) is 0 Å². The van der Waals surface area contributed by atoms with Crippen LogP contribution < -0.4 is 0 Å². The summed E-state index contributed by atoms with van der Waals surface area (Å²) in [7, 11) is 0. The number of aromatic nitrogens is 2. The fraction of sp³-hybridized carbons (Fsp3) is 0.304. The maximum absolute atomic E-state index is 10.8. The van der Waals surface area contributed by atoms with E-state index in [0.29, 0.717) is 18.2 Å². The zero-order valence-corrected chi connectivity index (χ0v) is 16.2. The second kappa shape index (κ2) is 7.59. The Labute approximate surface area is 165 Å². The maximum atomic E-state index is 10.8. The molecule has 0 radical (unpaired) electrons. The van der Waals surface area contributed by atoms with Gasteiger partial charge in [0, 0.05) is 30.3 Å². The predicted octanol–water partition coefficient (Wildman–Crippen LogP) is 3.71. The van der Waals surface area contributed by atoms with Crippen molar-refractivity contribution in [2.24, 2.45) is 0 Å². The van der Waals surface area contributed by atoms with E-state index in [9.17, 15) is 10.4 Å². The smallest absolute Gasteiger partial charge is 0.0991 e. The van der Waals surface area contributed by atoms with Gasteiger partial charge in [-0.05, 0) is 26.0 Å². The highest BCUT2D eigenvalue weighted by atomic mass is 16.3. The summed E-state index contributed by atoms with van der Waals surface area (Å²) in [5, 5.41) is 20.1. The molecule has 0 unspecified atom stereocenters. The molecule has 5 nitrogen and oxygen atoms in total. The number of nitriles is 1. The van der Waals surface area contributed by atoms with Gasteiger partial charge in [0.25, 0.3) is 0 Å². The van der Waals surface area contributed by atoms with E-state index < -0.39 is 6.10 Å². The zero-order valence-electron chi connectivity index (χ0n) is 16.2. The molecule has 0 spiro atoms. The molecule has 0 saturated carbocycles. The van der Waals surface area contributed by atoms with Gasteiger partial charge in [0.2, 0.25) is 0 Å². The Morgan fingerprint density at radius 3 is 2.50 bits per heavy atom. The van der Waals surface area contributed by atoms with Gasteiger partial charge in [-0.3, -0.25) is 4.90 Å². The highest BCUT2D eigenvalue weighted by Crippen LogP contribution is 2.36. The van der Waals surface area contributed by atoms with Crippen molar-refractivity contribution in [2.45, 2.75) is 32.0 Å². The average molecular weight is 372 g/mol. The molecule has 2 aromatic carbocycles. The summed E-state index contributed by atoms with van der Waals surface area (Å²) in [5.74, 6) is 0. The molecule has 5 heteroatoms. The summed E-state index contributed by atoms with van der Waals surface area (Å²) in [6.45, 7) is 5.72. The van der Waals surface area contributed by atoms with Crippen LogP contribution in [0.1, 0.15) is 25.5 Å². The van der Waals surface area contributed by atoms with Gasteiger partial charge in [-0.25, -0.2) is 4.98 Å². The van der Waals surface area contributed by atoms with Gasteiger partial charge in [0.05, 0.1) is 41.5 Å². The molecule has 3 aromatic rings. The second-order valence-electron chi connectivity index (χ2n) is 7.59. The first-order valence-electron chi connectivity index (χ1n) is 9.63. The summed E-state index contributed by atoms with van der Waals surface area (Å²) in [4.78, 5) is 7.00. The van der Waals surface area contributed by atoms with Crippen LogP contribution in [0.5, 0.6) is 0 Å². The molecule has 2 atom stereocenters. The van der Waals surface area contributed by atoms with Crippen LogP contribution in [0.4, 0.5) is 0 Å². The Hall–Kier alpha value is -2.94. The number of likely N-dealkylation sites (tertiary alicyclic amines) is 1. The van der Waals surface area contributed by atoms with Gasteiger partial charge >= 0.3 is 0 Å². The lowest BCUT2D eigenvalue weighted by molar-refractivity contribution is 0.141. The highest BCUT2D eigenvalue weighted by molar-refractivity contribution is 5.79. The molecule has 142 valence electrons. The third-order valence-corrected chi connectivity index (χ3v) is 5.48. The number of nitrogens with zero attached hydrogens (tertiary/aromatic N) is 4. The van der Waals surface area contributed by atoms with E-state index >= 15 is 0 Å². The first-order valence-corrected chi connectivity index (χ1v) is 9.63. The van der Waals surface area contributed by atoms with E-state index in [1.54, 1.807) is 6.07 Å². The van der Waals surface area contributed by atoms with E-state index in [-0.39, 0.29) is 6.04 Å². The quantitative estimate of drug-likeness (QED) is 0.758. The topological polar surface area (TPSA) is 65.1 Å². The van der Waals surface area contributed by atoms with Crippen LogP contribution in [-0.4, -0.2) is 44.8 Å². The van der Waals surface area contributed by atoms with Gasteiger partial charge in [-0.2, -0.15) is 5.26 Å². The van der Waals surface area contributed by atoms with Crippen molar-refractivity contribution in [1.29, 1.82) is 5.26 Å². The van der Waals surface area contributed by atoms with Crippen molar-refractivity contribution >= 4 is 0 Å². The third-order valence-electron chi connectivity index (χ3n) is 5.48. The Morgan fingerprint density at radius 1 is 1.07 bits per heavy atom. The number of rotatable bonds is 4. The Balaban J connectivity index is 1.86. The summed E-state index contributed by atoms with van der Waals surface area (Å²) < 4.78 is 2.09. The lowest BCUT2D eigenvalue weighted by atomic mass is 10.0. The van der Waals surface area contributed by atoms with E-state index in [4.69, 9.17) is 4.98 Å². The molecule has 1 aliphatic heterocycles. The first kappa shape index (κ1) is 18.4. The van der Waals surface area contributed by atoms with E-state index in [2.05, 4.69) is 29.4 Å². The largest absolute Gasteiger partial charge is 0.390 e. The van der Waals surface area contributed by atoms with Crippen molar-refractivity contribution in [3.05, 3.63) is 66.5 Å².